The fourth-order valence-electron chi connectivity index (χ4n) is 1.04. The first-order valence-corrected chi connectivity index (χ1v) is 4.43. The third-order valence-electron chi connectivity index (χ3n) is 1.68. The van der Waals surface area contributed by atoms with E-state index in [0.29, 0.717) is 10.0 Å². The molecule has 0 N–H and O–H groups in total. The first-order valence-electron chi connectivity index (χ1n) is 3.67. The van der Waals surface area contributed by atoms with E-state index in [1.165, 1.54) is 0 Å². The van der Waals surface area contributed by atoms with Crippen molar-refractivity contribution in [1.29, 1.82) is 0 Å². The van der Waals surface area contributed by atoms with Crippen molar-refractivity contribution in [3.05, 3.63) is 46.1 Å². The molecule has 0 unspecified atom stereocenters. The summed E-state index contributed by atoms with van der Waals surface area (Å²) in [5.41, 5.74) is 5.45. The van der Waals surface area contributed by atoms with E-state index in [1.807, 2.05) is 12.1 Å². The number of allylic oxidation sites excluding steroid dienone is 1. The summed E-state index contributed by atoms with van der Waals surface area (Å²) in [6, 6.07) is 5.38. The highest BCUT2D eigenvalue weighted by Gasteiger charge is 2.06. The second-order valence-electron chi connectivity index (χ2n) is 2.55. The van der Waals surface area contributed by atoms with Crippen LogP contribution in [-0.4, -0.2) is 5.71 Å². The lowest BCUT2D eigenvalue weighted by atomic mass is 10.1. The molecule has 0 fully saturated rings. The molecule has 1 radical (unpaired) electrons. The van der Waals surface area contributed by atoms with Gasteiger partial charge in [0.2, 0.25) is 0 Å². The minimum Gasteiger partial charge on any atom is -0.158 e. The van der Waals surface area contributed by atoms with Crippen molar-refractivity contribution < 1.29 is 0 Å². The summed E-state index contributed by atoms with van der Waals surface area (Å²) in [6.45, 7) is 0. The zero-order valence-electron chi connectivity index (χ0n) is 6.54. The molecule has 2 rings (SSSR count). The lowest BCUT2D eigenvalue weighted by molar-refractivity contribution is 0.972. The first kappa shape index (κ1) is 8.60. The summed E-state index contributed by atoms with van der Waals surface area (Å²) in [5.74, 6) is 0. The van der Waals surface area contributed by atoms with Gasteiger partial charge in [-0.15, -0.1) is 0 Å². The Morgan fingerprint density at radius 2 is 1.92 bits per heavy atom. The Bertz CT molecular complexity index is 397. The highest BCUT2D eigenvalue weighted by molar-refractivity contribution is 6.42. The van der Waals surface area contributed by atoms with Gasteiger partial charge in [0.05, 0.1) is 22.0 Å². The molecule has 1 aromatic carbocycles. The van der Waals surface area contributed by atoms with Gasteiger partial charge in [0.15, 0.2) is 0 Å². The van der Waals surface area contributed by atoms with E-state index in [2.05, 4.69) is 10.5 Å². The van der Waals surface area contributed by atoms with Crippen LogP contribution in [0.25, 0.3) is 0 Å². The summed E-state index contributed by atoms with van der Waals surface area (Å²) >= 11 is 11.6. The molecule has 0 atom stereocenters. The second-order valence-corrected chi connectivity index (χ2v) is 3.36. The number of benzene rings is 1. The van der Waals surface area contributed by atoms with Crippen molar-refractivity contribution in [2.24, 2.45) is 5.10 Å². The molecule has 0 spiro atoms. The van der Waals surface area contributed by atoms with E-state index in [0.717, 1.165) is 11.3 Å². The Hall–Kier alpha value is -0.990. The standard InChI is InChI=1S/C9H5Cl2N2/c10-7-2-1-6(5-8(7)11)9-3-4-12-13-9/h1-5H. The molecular weight excluding hydrogens is 207 g/mol. The minimum absolute atomic E-state index is 0.530. The Kier molecular flexibility index (Phi) is 2.25. The maximum Gasteiger partial charge on any atom is 0.0945 e. The predicted octanol–water partition coefficient (Wildman–Crippen LogP) is 2.83. The lowest BCUT2D eigenvalue weighted by Gasteiger charge is -1.99. The van der Waals surface area contributed by atoms with Gasteiger partial charge in [-0.25, -0.2) is 0 Å². The summed E-state index contributed by atoms with van der Waals surface area (Å²) < 4.78 is 0. The Morgan fingerprint density at radius 3 is 2.54 bits per heavy atom. The molecular formula is C9H5Cl2N2. The van der Waals surface area contributed by atoms with Crippen molar-refractivity contribution in [2.75, 3.05) is 0 Å². The Labute approximate surface area is 85.9 Å². The molecule has 1 aliphatic heterocycles. The average molecular weight is 212 g/mol. The molecule has 4 heteroatoms. The summed E-state index contributed by atoms with van der Waals surface area (Å²) in [7, 11) is 0. The van der Waals surface area contributed by atoms with Gasteiger partial charge in [-0.05, 0) is 18.2 Å². The smallest absolute Gasteiger partial charge is 0.0945 e. The fraction of sp³-hybridized carbons (Fsp3) is 0. The molecule has 0 aliphatic carbocycles. The number of hydrogen-bond donors (Lipinski definition) is 0. The van der Waals surface area contributed by atoms with E-state index in [4.69, 9.17) is 23.2 Å². The molecule has 1 aliphatic rings. The number of rotatable bonds is 1. The van der Waals surface area contributed by atoms with Crippen LogP contribution >= 0.6 is 23.2 Å². The van der Waals surface area contributed by atoms with Crippen molar-refractivity contribution in [3.63, 3.8) is 0 Å². The van der Waals surface area contributed by atoms with Crippen LogP contribution in [0.3, 0.4) is 0 Å². The van der Waals surface area contributed by atoms with Gasteiger partial charge in [0.25, 0.3) is 0 Å². The summed E-state index contributed by atoms with van der Waals surface area (Å²) in [6.07, 6.45) is 3.46. The van der Waals surface area contributed by atoms with Gasteiger partial charge in [-0.3, -0.25) is 0 Å². The third kappa shape index (κ3) is 1.69. The van der Waals surface area contributed by atoms with Gasteiger partial charge < -0.3 is 0 Å². The largest absolute Gasteiger partial charge is 0.158 e. The molecule has 2 nitrogen and oxygen atoms in total. The molecule has 0 aromatic heterocycles. The van der Waals surface area contributed by atoms with Crippen LogP contribution in [0, 0.1) is 0 Å². The van der Waals surface area contributed by atoms with Gasteiger partial charge in [-0.1, -0.05) is 29.3 Å². The molecule has 1 aromatic rings. The van der Waals surface area contributed by atoms with E-state index in [1.54, 1.807) is 18.3 Å². The van der Waals surface area contributed by atoms with Crippen molar-refractivity contribution in [2.45, 2.75) is 0 Å². The number of halogens is 2. The fourth-order valence-corrected chi connectivity index (χ4v) is 1.34. The highest BCUT2D eigenvalue weighted by Crippen LogP contribution is 2.23. The van der Waals surface area contributed by atoms with Crippen molar-refractivity contribution >= 4 is 28.9 Å². The zero-order valence-corrected chi connectivity index (χ0v) is 8.05. The van der Waals surface area contributed by atoms with Crippen LogP contribution in [-0.2, 0) is 0 Å². The number of nitrogens with zero attached hydrogens (tertiary/aromatic N) is 2. The minimum atomic E-state index is 0.530. The normalized spacial score (nSPS) is 14.2. The van der Waals surface area contributed by atoms with E-state index < -0.39 is 0 Å². The zero-order chi connectivity index (χ0) is 9.26. The predicted molar refractivity (Wildman–Crippen MR) is 54.3 cm³/mol. The SMILES string of the molecule is Clc1ccc(C2=N[N]C=C2)cc1Cl. The quantitative estimate of drug-likeness (QED) is 0.684. The highest BCUT2D eigenvalue weighted by atomic mass is 35.5. The van der Waals surface area contributed by atoms with Crippen LogP contribution in [0.4, 0.5) is 0 Å². The molecule has 0 saturated heterocycles. The van der Waals surface area contributed by atoms with E-state index in [-0.39, 0.29) is 0 Å². The molecule has 0 bridgehead atoms. The molecule has 0 saturated carbocycles. The van der Waals surface area contributed by atoms with Crippen LogP contribution < -0.4 is 5.43 Å². The molecule has 0 amide bonds. The average Bonchev–Trinajstić information content (AvgIpc) is 2.62. The van der Waals surface area contributed by atoms with Crippen LogP contribution in [0.2, 0.25) is 10.0 Å². The van der Waals surface area contributed by atoms with Gasteiger partial charge >= 0.3 is 0 Å². The maximum atomic E-state index is 5.85. The van der Waals surface area contributed by atoms with E-state index in [9.17, 15) is 0 Å². The van der Waals surface area contributed by atoms with Gasteiger partial charge in [0.1, 0.15) is 0 Å². The first-order chi connectivity index (χ1) is 6.27. The molecule has 13 heavy (non-hydrogen) atoms. The monoisotopic (exact) mass is 211 g/mol. The van der Waals surface area contributed by atoms with Crippen LogP contribution in [0.5, 0.6) is 0 Å². The Balaban J connectivity index is 2.42. The summed E-state index contributed by atoms with van der Waals surface area (Å²) in [4.78, 5) is 0. The topological polar surface area (TPSA) is 26.5 Å². The van der Waals surface area contributed by atoms with Crippen LogP contribution in [0.1, 0.15) is 5.56 Å². The van der Waals surface area contributed by atoms with Crippen LogP contribution in [0.15, 0.2) is 35.6 Å². The van der Waals surface area contributed by atoms with E-state index >= 15 is 0 Å². The lowest BCUT2D eigenvalue weighted by Crippen LogP contribution is -1.93. The third-order valence-corrected chi connectivity index (χ3v) is 2.42. The summed E-state index contributed by atoms with van der Waals surface area (Å²) in [5, 5.41) is 4.98. The molecule has 1 heterocycles. The van der Waals surface area contributed by atoms with Crippen molar-refractivity contribution in [1.82, 2.24) is 5.43 Å². The van der Waals surface area contributed by atoms with Gasteiger partial charge in [-0.2, -0.15) is 10.5 Å². The van der Waals surface area contributed by atoms with Crippen molar-refractivity contribution in [3.8, 4) is 0 Å². The second kappa shape index (κ2) is 3.40. The number of hydrogen-bond acceptors (Lipinski definition) is 1. The molecule has 65 valence electrons. The van der Waals surface area contributed by atoms with Gasteiger partial charge in [0, 0.05) is 5.56 Å². The maximum absolute atomic E-state index is 5.85. The Morgan fingerprint density at radius 1 is 1.08 bits per heavy atom.